The van der Waals surface area contributed by atoms with Crippen LogP contribution in [0, 0.1) is 10.1 Å². The zero-order valence-corrected chi connectivity index (χ0v) is 14.5. The summed E-state index contributed by atoms with van der Waals surface area (Å²) >= 11 is 5.85. The predicted molar refractivity (Wildman–Crippen MR) is 96.1 cm³/mol. The number of nitrogens with one attached hydrogen (secondary N) is 2. The van der Waals surface area contributed by atoms with Gasteiger partial charge in [-0.1, -0.05) is 23.7 Å². The van der Waals surface area contributed by atoms with Gasteiger partial charge in [-0.15, -0.1) is 0 Å². The fourth-order valence-corrected chi connectivity index (χ4v) is 2.38. The number of halogens is 1. The number of carbonyl (C=O) groups excluding carboxylic acids is 1. The topological polar surface area (TPSA) is 93.5 Å². The van der Waals surface area contributed by atoms with Gasteiger partial charge in [-0.3, -0.25) is 14.9 Å². The number of hydrogen-bond acceptors (Lipinski definition) is 5. The summed E-state index contributed by atoms with van der Waals surface area (Å²) in [6, 6.07) is 11.1. The van der Waals surface area contributed by atoms with Crippen LogP contribution < -0.4 is 15.4 Å². The fourth-order valence-electron chi connectivity index (χ4n) is 2.25. The molecule has 1 atom stereocenters. The summed E-state index contributed by atoms with van der Waals surface area (Å²) in [5, 5.41) is 17.2. The third-order valence-corrected chi connectivity index (χ3v) is 3.83. The lowest BCUT2D eigenvalue weighted by Gasteiger charge is -2.16. The van der Waals surface area contributed by atoms with Gasteiger partial charge in [-0.05, 0) is 30.7 Å². The lowest BCUT2D eigenvalue weighted by molar-refractivity contribution is -0.384. The number of amides is 1. The molecule has 25 heavy (non-hydrogen) atoms. The molecule has 0 fully saturated rings. The molecule has 0 heterocycles. The Morgan fingerprint density at radius 2 is 1.96 bits per heavy atom. The van der Waals surface area contributed by atoms with Crippen molar-refractivity contribution < 1.29 is 14.5 Å². The molecule has 0 radical (unpaired) electrons. The third-order valence-electron chi connectivity index (χ3n) is 3.58. The zero-order chi connectivity index (χ0) is 18.4. The van der Waals surface area contributed by atoms with Gasteiger partial charge >= 0.3 is 0 Å². The number of nitrogens with zero attached hydrogens (tertiary/aromatic N) is 1. The van der Waals surface area contributed by atoms with E-state index in [0.717, 1.165) is 5.56 Å². The molecule has 0 aliphatic heterocycles. The highest BCUT2D eigenvalue weighted by molar-refractivity contribution is 6.30. The number of carbonyl (C=O) groups is 1. The summed E-state index contributed by atoms with van der Waals surface area (Å²) in [6.07, 6.45) is 0. The first-order valence-corrected chi connectivity index (χ1v) is 7.89. The standard InChI is InChI=1S/C17H18ClN3O4/c1-11(12-3-5-13(18)6-4-12)20-17(22)10-19-15-9-14(21(23)24)7-8-16(15)25-2/h3-9,11,19H,10H2,1-2H3,(H,20,22). The van der Waals surface area contributed by atoms with E-state index in [1.54, 1.807) is 12.1 Å². The molecule has 0 aromatic heterocycles. The van der Waals surface area contributed by atoms with Crippen molar-refractivity contribution in [1.29, 1.82) is 0 Å². The maximum absolute atomic E-state index is 12.1. The van der Waals surface area contributed by atoms with E-state index in [0.29, 0.717) is 16.5 Å². The average Bonchev–Trinajstić information content (AvgIpc) is 2.60. The number of nitro groups is 1. The first kappa shape index (κ1) is 18.5. The Morgan fingerprint density at radius 1 is 1.28 bits per heavy atom. The number of rotatable bonds is 7. The van der Waals surface area contributed by atoms with Crippen LogP contribution in [0.5, 0.6) is 5.75 Å². The molecule has 132 valence electrons. The predicted octanol–water partition coefficient (Wildman–Crippen LogP) is 3.55. The minimum atomic E-state index is -0.507. The Labute approximate surface area is 150 Å². The van der Waals surface area contributed by atoms with E-state index in [-0.39, 0.29) is 24.2 Å². The van der Waals surface area contributed by atoms with E-state index in [2.05, 4.69) is 10.6 Å². The van der Waals surface area contributed by atoms with Crippen molar-refractivity contribution in [1.82, 2.24) is 5.32 Å². The first-order chi connectivity index (χ1) is 11.9. The number of ether oxygens (including phenoxy) is 1. The molecule has 0 aliphatic carbocycles. The van der Waals surface area contributed by atoms with Crippen LogP contribution in [0.25, 0.3) is 0 Å². The van der Waals surface area contributed by atoms with Crippen LogP contribution in [0.15, 0.2) is 42.5 Å². The Morgan fingerprint density at radius 3 is 2.56 bits per heavy atom. The van der Waals surface area contributed by atoms with E-state index in [9.17, 15) is 14.9 Å². The minimum Gasteiger partial charge on any atom is -0.495 e. The fraction of sp³-hybridized carbons (Fsp3) is 0.235. The van der Waals surface area contributed by atoms with E-state index < -0.39 is 4.92 Å². The van der Waals surface area contributed by atoms with E-state index in [4.69, 9.17) is 16.3 Å². The summed E-state index contributed by atoms with van der Waals surface area (Å²) in [4.78, 5) is 22.5. The molecule has 1 unspecified atom stereocenters. The Bertz CT molecular complexity index is 765. The van der Waals surface area contributed by atoms with Gasteiger partial charge in [0.15, 0.2) is 0 Å². The van der Waals surface area contributed by atoms with Crippen LogP contribution in [-0.2, 0) is 4.79 Å². The Hall–Kier alpha value is -2.80. The van der Waals surface area contributed by atoms with Crippen molar-refractivity contribution in [3.63, 3.8) is 0 Å². The first-order valence-electron chi connectivity index (χ1n) is 7.52. The number of non-ortho nitro benzene ring substituents is 1. The summed E-state index contributed by atoms with van der Waals surface area (Å²) in [7, 11) is 1.45. The molecule has 2 rings (SSSR count). The number of anilines is 1. The van der Waals surface area contributed by atoms with Gasteiger partial charge in [0, 0.05) is 17.2 Å². The molecule has 0 saturated carbocycles. The molecular weight excluding hydrogens is 346 g/mol. The maximum Gasteiger partial charge on any atom is 0.271 e. The number of hydrogen-bond donors (Lipinski definition) is 2. The molecule has 2 aromatic carbocycles. The van der Waals surface area contributed by atoms with E-state index in [1.165, 1.54) is 25.3 Å². The van der Waals surface area contributed by atoms with Crippen molar-refractivity contribution in [2.24, 2.45) is 0 Å². The smallest absolute Gasteiger partial charge is 0.271 e. The third kappa shape index (κ3) is 5.09. The largest absolute Gasteiger partial charge is 0.495 e. The van der Waals surface area contributed by atoms with E-state index >= 15 is 0 Å². The molecule has 0 aliphatic rings. The summed E-state index contributed by atoms with van der Waals surface area (Å²) in [5.74, 6) is 0.167. The van der Waals surface area contributed by atoms with Gasteiger partial charge in [0.1, 0.15) is 5.75 Å². The molecule has 7 nitrogen and oxygen atoms in total. The highest BCUT2D eigenvalue weighted by Crippen LogP contribution is 2.28. The van der Waals surface area contributed by atoms with Gasteiger partial charge in [-0.2, -0.15) is 0 Å². The van der Waals surface area contributed by atoms with Gasteiger partial charge in [0.05, 0.1) is 30.3 Å². The van der Waals surface area contributed by atoms with Crippen molar-refractivity contribution in [3.05, 3.63) is 63.2 Å². The minimum absolute atomic E-state index is 0.0462. The van der Waals surface area contributed by atoms with Crippen LogP contribution >= 0.6 is 11.6 Å². The van der Waals surface area contributed by atoms with Crippen molar-refractivity contribution in [2.45, 2.75) is 13.0 Å². The maximum atomic E-state index is 12.1. The van der Waals surface area contributed by atoms with Crippen LogP contribution in [-0.4, -0.2) is 24.5 Å². The highest BCUT2D eigenvalue weighted by Gasteiger charge is 2.13. The second-order valence-corrected chi connectivity index (χ2v) is 5.77. The van der Waals surface area contributed by atoms with Crippen LogP contribution in [0.2, 0.25) is 5.02 Å². The molecule has 2 aromatic rings. The van der Waals surface area contributed by atoms with Gasteiger partial charge < -0.3 is 15.4 Å². The molecule has 2 N–H and O–H groups in total. The Kier molecular flexibility index (Phi) is 6.19. The quantitative estimate of drug-likeness (QED) is 0.579. The second-order valence-electron chi connectivity index (χ2n) is 5.34. The molecule has 0 saturated heterocycles. The van der Waals surface area contributed by atoms with Crippen LogP contribution in [0.4, 0.5) is 11.4 Å². The van der Waals surface area contributed by atoms with Gasteiger partial charge in [-0.25, -0.2) is 0 Å². The molecule has 0 bridgehead atoms. The molecule has 8 heteroatoms. The number of methoxy groups -OCH3 is 1. The normalized spacial score (nSPS) is 11.5. The lowest BCUT2D eigenvalue weighted by Crippen LogP contribution is -2.32. The summed E-state index contributed by atoms with van der Waals surface area (Å²) in [6.45, 7) is 1.81. The monoisotopic (exact) mass is 363 g/mol. The SMILES string of the molecule is COc1ccc([N+](=O)[O-])cc1NCC(=O)NC(C)c1ccc(Cl)cc1. The highest BCUT2D eigenvalue weighted by atomic mass is 35.5. The number of benzene rings is 2. The lowest BCUT2D eigenvalue weighted by atomic mass is 10.1. The van der Waals surface area contributed by atoms with Crippen LogP contribution in [0.1, 0.15) is 18.5 Å². The van der Waals surface area contributed by atoms with Crippen molar-refractivity contribution in [2.75, 3.05) is 19.0 Å². The van der Waals surface area contributed by atoms with Gasteiger partial charge in [0.2, 0.25) is 5.91 Å². The van der Waals surface area contributed by atoms with E-state index in [1.807, 2.05) is 19.1 Å². The summed E-state index contributed by atoms with van der Waals surface area (Å²) in [5.41, 5.74) is 1.22. The molecule has 1 amide bonds. The summed E-state index contributed by atoms with van der Waals surface area (Å²) < 4.78 is 5.14. The zero-order valence-electron chi connectivity index (χ0n) is 13.8. The van der Waals surface area contributed by atoms with Crippen LogP contribution in [0.3, 0.4) is 0 Å². The van der Waals surface area contributed by atoms with Crippen molar-refractivity contribution in [3.8, 4) is 5.75 Å². The van der Waals surface area contributed by atoms with Crippen molar-refractivity contribution >= 4 is 28.9 Å². The molecular formula is C17H18ClN3O4. The number of nitro benzene ring substituents is 1. The van der Waals surface area contributed by atoms with Gasteiger partial charge in [0.25, 0.3) is 5.69 Å². The molecule has 0 spiro atoms. The second kappa shape index (κ2) is 8.34. The Balaban J connectivity index is 1.98. The average molecular weight is 364 g/mol.